The Labute approximate surface area is 155 Å². The molecule has 2 aromatic carbocycles. The molecule has 1 fully saturated rings. The van der Waals surface area contributed by atoms with Gasteiger partial charge in [-0.1, -0.05) is 65.3 Å². The van der Waals surface area contributed by atoms with Gasteiger partial charge in [-0.3, -0.25) is 9.69 Å². The number of hydrogen-bond acceptors (Lipinski definition) is 3. The molecule has 1 saturated heterocycles. The van der Waals surface area contributed by atoms with E-state index in [9.17, 15) is 4.79 Å². The smallest absolute Gasteiger partial charge is 0.228 e. The van der Waals surface area contributed by atoms with Crippen molar-refractivity contribution in [1.82, 2.24) is 4.90 Å². The molecule has 3 nitrogen and oxygen atoms in total. The summed E-state index contributed by atoms with van der Waals surface area (Å²) in [7, 11) is 0. The Hall–Kier alpha value is -1.49. The van der Waals surface area contributed by atoms with Crippen LogP contribution in [0.15, 0.2) is 53.5 Å². The van der Waals surface area contributed by atoms with Crippen LogP contribution in [0.3, 0.4) is 0 Å². The van der Waals surface area contributed by atoms with Crippen LogP contribution < -0.4 is 0 Å². The lowest BCUT2D eigenvalue weighted by molar-refractivity contribution is -0.126. The molecule has 0 saturated carbocycles. The van der Waals surface area contributed by atoms with Gasteiger partial charge in [0.25, 0.3) is 0 Å². The molecular formula is C18H16Cl2N2OS. The highest BCUT2D eigenvalue weighted by Gasteiger charge is 2.25. The largest absolute Gasteiger partial charge is 0.290 e. The van der Waals surface area contributed by atoms with Gasteiger partial charge in [0, 0.05) is 18.7 Å². The number of rotatable bonds is 4. The highest BCUT2D eigenvalue weighted by Crippen LogP contribution is 2.29. The number of hydrogen-bond donors (Lipinski definition) is 0. The predicted octanol–water partition coefficient (Wildman–Crippen LogP) is 5.19. The second-order valence-electron chi connectivity index (χ2n) is 5.37. The number of aliphatic imine (C=N–C) groups is 1. The molecule has 1 aliphatic rings. The summed E-state index contributed by atoms with van der Waals surface area (Å²) < 4.78 is 0. The molecule has 24 heavy (non-hydrogen) atoms. The van der Waals surface area contributed by atoms with Crippen LogP contribution in [0, 0.1) is 0 Å². The van der Waals surface area contributed by atoms with Crippen molar-refractivity contribution in [1.29, 1.82) is 0 Å². The Morgan fingerprint density at radius 1 is 1.12 bits per heavy atom. The van der Waals surface area contributed by atoms with E-state index in [-0.39, 0.29) is 5.91 Å². The minimum atomic E-state index is 0.0997. The maximum absolute atomic E-state index is 12.5. The van der Waals surface area contributed by atoms with E-state index in [1.807, 2.05) is 30.3 Å². The number of amides is 1. The van der Waals surface area contributed by atoms with Gasteiger partial charge in [0.15, 0.2) is 5.17 Å². The molecule has 0 N–H and O–H groups in total. The molecule has 1 heterocycles. The first-order valence-corrected chi connectivity index (χ1v) is 9.38. The zero-order valence-electron chi connectivity index (χ0n) is 12.9. The van der Waals surface area contributed by atoms with Gasteiger partial charge in [0.2, 0.25) is 5.91 Å². The molecule has 0 atom stereocenters. The zero-order chi connectivity index (χ0) is 16.9. The fourth-order valence-electron chi connectivity index (χ4n) is 2.42. The Morgan fingerprint density at radius 3 is 2.67 bits per heavy atom. The van der Waals surface area contributed by atoms with E-state index in [0.717, 1.165) is 17.3 Å². The molecule has 1 amide bonds. The highest BCUT2D eigenvalue weighted by atomic mass is 35.5. The van der Waals surface area contributed by atoms with Gasteiger partial charge in [-0.05, 0) is 30.2 Å². The summed E-state index contributed by atoms with van der Waals surface area (Å²) in [5, 5.41) is 1.69. The standard InChI is InChI=1S/C18H16Cl2N2OS/c19-15-8-7-14(12-16(15)20)21-18-22(10-11-24-18)17(23)9-6-13-4-2-1-3-5-13/h1-5,7-8,12H,6,9-11H2. The minimum absolute atomic E-state index is 0.0997. The molecule has 0 aromatic heterocycles. The minimum Gasteiger partial charge on any atom is -0.290 e. The molecule has 0 unspecified atom stereocenters. The molecule has 0 bridgehead atoms. The van der Waals surface area contributed by atoms with Crippen LogP contribution in [0.1, 0.15) is 12.0 Å². The molecule has 1 aliphatic heterocycles. The van der Waals surface area contributed by atoms with E-state index in [0.29, 0.717) is 28.7 Å². The van der Waals surface area contributed by atoms with Crippen LogP contribution >= 0.6 is 35.0 Å². The SMILES string of the molecule is O=C(CCc1ccccc1)N1CCSC1=Nc1ccc(Cl)c(Cl)c1. The number of carbonyl (C=O) groups is 1. The van der Waals surface area contributed by atoms with Crippen molar-refractivity contribution < 1.29 is 4.79 Å². The van der Waals surface area contributed by atoms with E-state index in [1.54, 1.807) is 34.9 Å². The van der Waals surface area contributed by atoms with E-state index >= 15 is 0 Å². The quantitative estimate of drug-likeness (QED) is 0.733. The Balaban J connectivity index is 1.69. The maximum atomic E-state index is 12.5. The normalized spacial score (nSPS) is 15.9. The number of halogens is 2. The molecule has 0 spiro atoms. The van der Waals surface area contributed by atoms with Crippen LogP contribution in [0.2, 0.25) is 10.0 Å². The van der Waals surface area contributed by atoms with Crippen LogP contribution in [-0.4, -0.2) is 28.3 Å². The summed E-state index contributed by atoms with van der Waals surface area (Å²) in [5.74, 6) is 0.958. The lowest BCUT2D eigenvalue weighted by Crippen LogP contribution is -2.31. The molecule has 6 heteroatoms. The van der Waals surface area contributed by atoms with Gasteiger partial charge in [0.05, 0.1) is 15.7 Å². The highest BCUT2D eigenvalue weighted by molar-refractivity contribution is 8.14. The van der Waals surface area contributed by atoms with Crippen molar-refractivity contribution >= 4 is 51.7 Å². The third-order valence-corrected chi connectivity index (χ3v) is 5.37. The van der Waals surface area contributed by atoms with Gasteiger partial charge >= 0.3 is 0 Å². The fourth-order valence-corrected chi connectivity index (χ4v) is 3.69. The molecule has 0 aliphatic carbocycles. The summed E-state index contributed by atoms with van der Waals surface area (Å²) in [4.78, 5) is 18.8. The van der Waals surface area contributed by atoms with Crippen molar-refractivity contribution in [2.24, 2.45) is 4.99 Å². The number of aryl methyl sites for hydroxylation is 1. The average Bonchev–Trinajstić information content (AvgIpc) is 3.05. The third kappa shape index (κ3) is 4.32. The zero-order valence-corrected chi connectivity index (χ0v) is 15.2. The van der Waals surface area contributed by atoms with Gasteiger partial charge in [0.1, 0.15) is 0 Å². The van der Waals surface area contributed by atoms with Crippen molar-refractivity contribution in [3.63, 3.8) is 0 Å². The Morgan fingerprint density at radius 2 is 1.92 bits per heavy atom. The van der Waals surface area contributed by atoms with Crippen LogP contribution in [0.25, 0.3) is 0 Å². The predicted molar refractivity (Wildman–Crippen MR) is 102 cm³/mol. The number of thioether (sulfide) groups is 1. The number of carbonyl (C=O) groups excluding carboxylic acids is 1. The van der Waals surface area contributed by atoms with E-state index in [2.05, 4.69) is 4.99 Å². The maximum Gasteiger partial charge on any atom is 0.228 e. The number of amidine groups is 1. The summed E-state index contributed by atoms with van der Waals surface area (Å²) in [6.45, 7) is 0.693. The van der Waals surface area contributed by atoms with Crippen molar-refractivity contribution in [2.45, 2.75) is 12.8 Å². The summed E-state index contributed by atoms with van der Waals surface area (Å²) in [6.07, 6.45) is 1.21. The lowest BCUT2D eigenvalue weighted by Gasteiger charge is -2.16. The number of benzene rings is 2. The fraction of sp³-hybridized carbons (Fsp3) is 0.222. The van der Waals surface area contributed by atoms with E-state index < -0.39 is 0 Å². The summed E-state index contributed by atoms with van der Waals surface area (Å²) >= 11 is 13.5. The summed E-state index contributed by atoms with van der Waals surface area (Å²) in [5.41, 5.74) is 1.87. The second-order valence-corrected chi connectivity index (χ2v) is 7.25. The van der Waals surface area contributed by atoms with Crippen molar-refractivity contribution in [3.8, 4) is 0 Å². The first-order valence-electron chi connectivity index (χ1n) is 7.64. The molecule has 124 valence electrons. The van der Waals surface area contributed by atoms with E-state index in [1.165, 1.54) is 5.56 Å². The first kappa shape index (κ1) is 17.3. The van der Waals surface area contributed by atoms with E-state index in [4.69, 9.17) is 23.2 Å². The summed E-state index contributed by atoms with van der Waals surface area (Å²) in [6, 6.07) is 15.3. The van der Waals surface area contributed by atoms with Crippen LogP contribution in [-0.2, 0) is 11.2 Å². The Bertz CT molecular complexity index is 765. The molecular weight excluding hydrogens is 363 g/mol. The van der Waals surface area contributed by atoms with Crippen molar-refractivity contribution in [3.05, 3.63) is 64.1 Å². The monoisotopic (exact) mass is 378 g/mol. The first-order chi connectivity index (χ1) is 11.6. The topological polar surface area (TPSA) is 32.7 Å². The van der Waals surface area contributed by atoms with Crippen molar-refractivity contribution in [2.75, 3.05) is 12.3 Å². The lowest BCUT2D eigenvalue weighted by atomic mass is 10.1. The Kier molecular flexibility index (Phi) is 5.82. The van der Waals surface area contributed by atoms with Gasteiger partial charge in [-0.25, -0.2) is 4.99 Å². The number of nitrogens with zero attached hydrogens (tertiary/aromatic N) is 2. The third-order valence-electron chi connectivity index (χ3n) is 3.68. The molecule has 3 rings (SSSR count). The van der Waals surface area contributed by atoms with Gasteiger partial charge in [-0.15, -0.1) is 0 Å². The average molecular weight is 379 g/mol. The second kappa shape index (κ2) is 8.06. The van der Waals surface area contributed by atoms with Crippen LogP contribution in [0.5, 0.6) is 0 Å². The molecule has 2 aromatic rings. The van der Waals surface area contributed by atoms with Crippen LogP contribution in [0.4, 0.5) is 5.69 Å². The van der Waals surface area contributed by atoms with Gasteiger partial charge in [-0.2, -0.15) is 0 Å². The van der Waals surface area contributed by atoms with Gasteiger partial charge < -0.3 is 0 Å². The molecule has 0 radical (unpaired) electrons.